The van der Waals surface area contributed by atoms with Crippen LogP contribution in [0.15, 0.2) is 35.4 Å². The van der Waals surface area contributed by atoms with Gasteiger partial charge in [-0.2, -0.15) is 0 Å². The number of nitrogens with zero attached hydrogens (tertiary/aromatic N) is 1. The van der Waals surface area contributed by atoms with Crippen molar-refractivity contribution in [2.24, 2.45) is 13.0 Å². The molecule has 1 aliphatic rings. The molecule has 2 aromatic heterocycles. The predicted octanol–water partition coefficient (Wildman–Crippen LogP) is 2.25. The number of carbonyl (C=O) groups excluding carboxylic acids is 2. The van der Waals surface area contributed by atoms with Crippen LogP contribution in [0.4, 0.5) is 5.69 Å². The molecule has 150 valence electrons. The normalized spacial score (nSPS) is 15.8. The summed E-state index contributed by atoms with van der Waals surface area (Å²) in [4.78, 5) is 40.3. The van der Waals surface area contributed by atoms with E-state index in [2.05, 4.69) is 15.6 Å². The predicted molar refractivity (Wildman–Crippen MR) is 110 cm³/mol. The molecular weight excluding hydrogens is 372 g/mol. The van der Waals surface area contributed by atoms with Crippen molar-refractivity contribution in [3.05, 3.63) is 46.5 Å². The van der Waals surface area contributed by atoms with E-state index in [0.29, 0.717) is 33.5 Å². The van der Waals surface area contributed by atoms with Gasteiger partial charge in [-0.25, -0.2) is 0 Å². The number of amides is 2. The van der Waals surface area contributed by atoms with Crippen molar-refractivity contribution in [3.63, 3.8) is 0 Å². The maximum atomic E-state index is 12.5. The van der Waals surface area contributed by atoms with Crippen LogP contribution in [-0.2, 0) is 11.8 Å². The monoisotopic (exact) mass is 394 g/mol. The van der Waals surface area contributed by atoms with Gasteiger partial charge in [0.2, 0.25) is 0 Å². The van der Waals surface area contributed by atoms with Crippen molar-refractivity contribution in [2.45, 2.75) is 20.0 Å². The number of benzene rings is 1. The van der Waals surface area contributed by atoms with Crippen LogP contribution in [-0.4, -0.2) is 34.5 Å². The first-order chi connectivity index (χ1) is 13.8. The average molecular weight is 394 g/mol. The smallest absolute Gasteiger partial charge is 0.274 e. The van der Waals surface area contributed by atoms with E-state index in [0.717, 1.165) is 5.56 Å². The zero-order chi connectivity index (χ0) is 20.9. The molecule has 3 aromatic rings. The summed E-state index contributed by atoms with van der Waals surface area (Å²) in [6.07, 6.45) is 2.76. The number of pyridine rings is 1. The molecule has 8 heteroatoms. The summed E-state index contributed by atoms with van der Waals surface area (Å²) >= 11 is 0. The Labute approximate surface area is 166 Å². The molecule has 29 heavy (non-hydrogen) atoms. The number of hydrogen-bond acceptors (Lipinski definition) is 4. The number of fused-ring (bicyclic) bond motifs is 2. The molecule has 3 N–H and O–H groups in total. The molecule has 0 saturated carbocycles. The Bertz CT molecular complexity index is 1210. The van der Waals surface area contributed by atoms with Gasteiger partial charge in [-0.05, 0) is 24.1 Å². The largest absolute Gasteiger partial charge is 0.477 e. The Morgan fingerprint density at radius 1 is 1.24 bits per heavy atom. The van der Waals surface area contributed by atoms with E-state index >= 15 is 0 Å². The molecule has 0 fully saturated rings. The van der Waals surface area contributed by atoms with Gasteiger partial charge in [-0.3, -0.25) is 14.4 Å². The van der Waals surface area contributed by atoms with Crippen molar-refractivity contribution in [1.82, 2.24) is 14.9 Å². The number of aromatic nitrogens is 2. The van der Waals surface area contributed by atoms with E-state index in [4.69, 9.17) is 4.74 Å². The number of ether oxygens (including phenoxy) is 1. The van der Waals surface area contributed by atoms with Gasteiger partial charge in [0.15, 0.2) is 11.9 Å². The topological polar surface area (TPSA) is 105 Å². The van der Waals surface area contributed by atoms with Crippen molar-refractivity contribution in [3.8, 4) is 16.9 Å². The summed E-state index contributed by atoms with van der Waals surface area (Å²) in [5, 5.41) is 6.19. The van der Waals surface area contributed by atoms with E-state index < -0.39 is 6.10 Å². The third-order valence-electron chi connectivity index (χ3n) is 5.13. The first-order valence-electron chi connectivity index (χ1n) is 9.36. The van der Waals surface area contributed by atoms with Crippen molar-refractivity contribution >= 4 is 28.4 Å². The summed E-state index contributed by atoms with van der Waals surface area (Å²) in [5.74, 6) is -0.0942. The third kappa shape index (κ3) is 2.97. The quantitative estimate of drug-likeness (QED) is 0.634. The van der Waals surface area contributed by atoms with Gasteiger partial charge in [-0.1, -0.05) is 13.8 Å². The minimum atomic E-state index is -0.652. The lowest BCUT2D eigenvalue weighted by Gasteiger charge is -2.30. The summed E-state index contributed by atoms with van der Waals surface area (Å²) in [5.41, 5.74) is 2.48. The number of hydrogen-bond donors (Lipinski definition) is 3. The van der Waals surface area contributed by atoms with Crippen LogP contribution in [0.25, 0.3) is 22.0 Å². The Hall–Kier alpha value is -3.55. The standard InChI is InChI=1S/C21H22N4O4/c1-10(2)17-20(27)24-15-8-11(19(26)22-3)7-13(18(15)29-17)14-9-25(4)21(28)16-12(14)5-6-23-16/h5-10,17,23H,1-4H3,(H,22,26)(H,24,27). The molecule has 1 unspecified atom stereocenters. The highest BCUT2D eigenvalue weighted by Gasteiger charge is 2.33. The van der Waals surface area contributed by atoms with Crippen LogP contribution < -0.4 is 20.9 Å². The molecule has 8 nitrogen and oxygen atoms in total. The minimum Gasteiger partial charge on any atom is -0.477 e. The molecule has 0 radical (unpaired) electrons. The van der Waals surface area contributed by atoms with Gasteiger partial charge in [0, 0.05) is 48.6 Å². The van der Waals surface area contributed by atoms with Crippen LogP contribution in [0, 0.1) is 5.92 Å². The Balaban J connectivity index is 2.03. The van der Waals surface area contributed by atoms with Crippen LogP contribution in [0.3, 0.4) is 0 Å². The van der Waals surface area contributed by atoms with E-state index in [9.17, 15) is 14.4 Å². The van der Waals surface area contributed by atoms with Crippen LogP contribution in [0.5, 0.6) is 5.75 Å². The van der Waals surface area contributed by atoms with Gasteiger partial charge in [0.05, 0.1) is 5.69 Å². The zero-order valence-corrected chi connectivity index (χ0v) is 16.6. The van der Waals surface area contributed by atoms with Crippen LogP contribution in [0.2, 0.25) is 0 Å². The van der Waals surface area contributed by atoms with E-state index in [1.807, 2.05) is 19.9 Å². The highest BCUT2D eigenvalue weighted by molar-refractivity contribution is 6.06. The fraction of sp³-hybridized carbons (Fsp3) is 0.286. The first kappa shape index (κ1) is 18.8. The lowest BCUT2D eigenvalue weighted by molar-refractivity contribution is -0.125. The Morgan fingerprint density at radius 3 is 2.69 bits per heavy atom. The summed E-state index contributed by atoms with van der Waals surface area (Å²) in [6.45, 7) is 3.81. The number of rotatable bonds is 3. The third-order valence-corrected chi connectivity index (χ3v) is 5.13. The molecule has 0 spiro atoms. The van der Waals surface area contributed by atoms with Crippen LogP contribution >= 0.6 is 0 Å². The molecule has 0 aliphatic carbocycles. The molecule has 1 atom stereocenters. The zero-order valence-electron chi connectivity index (χ0n) is 16.6. The highest BCUT2D eigenvalue weighted by atomic mass is 16.5. The maximum Gasteiger partial charge on any atom is 0.274 e. The Morgan fingerprint density at radius 2 is 2.00 bits per heavy atom. The summed E-state index contributed by atoms with van der Waals surface area (Å²) < 4.78 is 7.59. The second kappa shape index (κ2) is 6.80. The average Bonchev–Trinajstić information content (AvgIpc) is 3.18. The number of anilines is 1. The lowest BCUT2D eigenvalue weighted by atomic mass is 9.96. The van der Waals surface area contributed by atoms with E-state index in [-0.39, 0.29) is 23.3 Å². The van der Waals surface area contributed by atoms with Gasteiger partial charge in [0.1, 0.15) is 5.52 Å². The minimum absolute atomic E-state index is 0.0398. The van der Waals surface area contributed by atoms with Gasteiger partial charge in [-0.15, -0.1) is 0 Å². The fourth-order valence-corrected chi connectivity index (χ4v) is 3.63. The first-order valence-corrected chi connectivity index (χ1v) is 9.36. The number of H-pyrrole nitrogens is 1. The van der Waals surface area contributed by atoms with Crippen molar-refractivity contribution in [2.75, 3.05) is 12.4 Å². The van der Waals surface area contributed by atoms with Gasteiger partial charge >= 0.3 is 0 Å². The molecule has 0 saturated heterocycles. The van der Waals surface area contributed by atoms with Crippen LogP contribution in [0.1, 0.15) is 24.2 Å². The molecule has 3 heterocycles. The van der Waals surface area contributed by atoms with Crippen molar-refractivity contribution < 1.29 is 14.3 Å². The highest BCUT2D eigenvalue weighted by Crippen LogP contribution is 2.43. The molecular formula is C21H22N4O4. The fourth-order valence-electron chi connectivity index (χ4n) is 3.63. The maximum absolute atomic E-state index is 12.5. The second-order valence-electron chi connectivity index (χ2n) is 7.48. The molecule has 1 aromatic carbocycles. The molecule has 2 amide bonds. The van der Waals surface area contributed by atoms with E-state index in [1.54, 1.807) is 38.6 Å². The number of aryl methyl sites for hydroxylation is 1. The number of carbonyl (C=O) groups is 2. The lowest BCUT2D eigenvalue weighted by Crippen LogP contribution is -2.41. The van der Waals surface area contributed by atoms with Gasteiger partial charge < -0.3 is 24.9 Å². The number of aromatic amines is 1. The molecule has 4 rings (SSSR count). The number of nitrogens with one attached hydrogen (secondary N) is 3. The van der Waals surface area contributed by atoms with Gasteiger partial charge in [0.25, 0.3) is 17.4 Å². The molecule has 1 aliphatic heterocycles. The van der Waals surface area contributed by atoms with Crippen molar-refractivity contribution in [1.29, 1.82) is 0 Å². The Kier molecular flexibility index (Phi) is 4.41. The SMILES string of the molecule is CNC(=O)c1cc2c(c(-c3cn(C)c(=O)c4[nH]ccc34)c1)OC(C(C)C)C(=O)N2. The summed E-state index contributed by atoms with van der Waals surface area (Å²) in [6, 6.07) is 5.13. The molecule has 0 bridgehead atoms. The summed E-state index contributed by atoms with van der Waals surface area (Å²) in [7, 11) is 3.21. The van der Waals surface area contributed by atoms with E-state index in [1.165, 1.54) is 4.57 Å². The second-order valence-corrected chi connectivity index (χ2v) is 7.48.